The molecule has 0 spiro atoms. The minimum Gasteiger partial charge on any atom is -0.496 e. The van der Waals surface area contributed by atoms with Crippen LogP contribution >= 0.6 is 0 Å². The zero-order chi connectivity index (χ0) is 17.1. The van der Waals surface area contributed by atoms with E-state index in [9.17, 15) is 4.79 Å². The summed E-state index contributed by atoms with van der Waals surface area (Å²) in [6.45, 7) is 5.23. The first-order valence-electron chi connectivity index (χ1n) is 8.28. The molecule has 2 aromatic rings. The maximum atomic E-state index is 12.7. The van der Waals surface area contributed by atoms with Crippen LogP contribution in [-0.2, 0) is 11.2 Å². The summed E-state index contributed by atoms with van der Waals surface area (Å²) in [5, 5.41) is 3.85. The molecule has 2 heterocycles. The minimum atomic E-state index is 0.127. The standard InChI is InChI=1S/C18H23N3O3/c1-12-6-7-14(9-16(12)23-3)10-17(22)21-8-4-5-15(11-21)18-19-13(2)20-24-18/h6-7,9,15H,4-5,8,10-11H2,1-3H3. The maximum absolute atomic E-state index is 12.7. The number of methoxy groups -OCH3 is 1. The van der Waals surface area contributed by atoms with Gasteiger partial charge in [0.15, 0.2) is 5.82 Å². The zero-order valence-corrected chi connectivity index (χ0v) is 14.4. The number of benzene rings is 1. The first-order valence-corrected chi connectivity index (χ1v) is 8.28. The monoisotopic (exact) mass is 329 g/mol. The van der Waals surface area contributed by atoms with E-state index in [1.165, 1.54) is 0 Å². The molecule has 0 aliphatic carbocycles. The zero-order valence-electron chi connectivity index (χ0n) is 14.4. The lowest BCUT2D eigenvalue weighted by Crippen LogP contribution is -2.40. The molecular formula is C18H23N3O3. The van der Waals surface area contributed by atoms with Gasteiger partial charge in [-0.2, -0.15) is 4.98 Å². The van der Waals surface area contributed by atoms with Crippen LogP contribution < -0.4 is 4.74 Å². The molecule has 6 nitrogen and oxygen atoms in total. The number of hydrogen-bond donors (Lipinski definition) is 0. The number of aryl methyl sites for hydroxylation is 2. The molecule has 1 saturated heterocycles. The van der Waals surface area contributed by atoms with Gasteiger partial charge in [-0.25, -0.2) is 0 Å². The number of rotatable bonds is 4. The summed E-state index contributed by atoms with van der Waals surface area (Å²) in [7, 11) is 1.65. The third kappa shape index (κ3) is 3.58. The van der Waals surface area contributed by atoms with E-state index in [1.807, 2.05) is 36.9 Å². The Bertz CT molecular complexity index is 726. The Kier molecular flexibility index (Phi) is 4.83. The van der Waals surface area contributed by atoms with E-state index < -0.39 is 0 Å². The van der Waals surface area contributed by atoms with Crippen LogP contribution in [0.5, 0.6) is 5.75 Å². The second kappa shape index (κ2) is 7.03. The van der Waals surface area contributed by atoms with Gasteiger partial charge in [0.2, 0.25) is 11.8 Å². The highest BCUT2D eigenvalue weighted by Crippen LogP contribution is 2.26. The summed E-state index contributed by atoms with van der Waals surface area (Å²) in [4.78, 5) is 18.9. The summed E-state index contributed by atoms with van der Waals surface area (Å²) in [5.74, 6) is 2.36. The number of piperidine rings is 1. The van der Waals surface area contributed by atoms with Crippen molar-refractivity contribution in [2.75, 3.05) is 20.2 Å². The molecule has 1 aliphatic heterocycles. The highest BCUT2D eigenvalue weighted by Gasteiger charge is 2.28. The van der Waals surface area contributed by atoms with Crippen LogP contribution in [-0.4, -0.2) is 41.1 Å². The number of carbonyl (C=O) groups excluding carboxylic acids is 1. The van der Waals surface area contributed by atoms with Crippen LogP contribution in [0, 0.1) is 13.8 Å². The number of aromatic nitrogens is 2. The Labute approximate surface area is 141 Å². The minimum absolute atomic E-state index is 0.127. The first-order chi connectivity index (χ1) is 11.6. The Balaban J connectivity index is 1.66. The lowest BCUT2D eigenvalue weighted by atomic mass is 9.97. The summed E-state index contributed by atoms with van der Waals surface area (Å²) < 4.78 is 10.6. The van der Waals surface area contributed by atoms with Gasteiger partial charge in [0.25, 0.3) is 0 Å². The van der Waals surface area contributed by atoms with Crippen molar-refractivity contribution < 1.29 is 14.1 Å². The lowest BCUT2D eigenvalue weighted by Gasteiger charge is -2.31. The molecule has 0 N–H and O–H groups in total. The summed E-state index contributed by atoms with van der Waals surface area (Å²) in [5.41, 5.74) is 2.04. The molecule has 1 atom stereocenters. The van der Waals surface area contributed by atoms with Crippen LogP contribution in [0.25, 0.3) is 0 Å². The highest BCUT2D eigenvalue weighted by molar-refractivity contribution is 5.79. The average molecular weight is 329 g/mol. The van der Waals surface area contributed by atoms with E-state index in [1.54, 1.807) is 7.11 Å². The Morgan fingerprint density at radius 2 is 2.25 bits per heavy atom. The number of hydrogen-bond acceptors (Lipinski definition) is 5. The molecule has 3 rings (SSSR count). The van der Waals surface area contributed by atoms with Crippen LogP contribution in [0.1, 0.15) is 41.6 Å². The average Bonchev–Trinajstić information content (AvgIpc) is 3.03. The van der Waals surface area contributed by atoms with Crippen molar-refractivity contribution in [2.24, 2.45) is 0 Å². The van der Waals surface area contributed by atoms with Crippen molar-refractivity contribution in [3.63, 3.8) is 0 Å². The second-order valence-electron chi connectivity index (χ2n) is 6.34. The molecule has 1 aromatic heterocycles. The fourth-order valence-electron chi connectivity index (χ4n) is 3.14. The Morgan fingerprint density at radius 1 is 1.42 bits per heavy atom. The van der Waals surface area contributed by atoms with Crippen molar-refractivity contribution in [1.29, 1.82) is 0 Å². The third-order valence-corrected chi connectivity index (χ3v) is 4.49. The summed E-state index contributed by atoms with van der Waals surface area (Å²) in [6.07, 6.45) is 2.31. The van der Waals surface area contributed by atoms with Gasteiger partial charge in [-0.3, -0.25) is 4.79 Å². The van der Waals surface area contributed by atoms with Crippen LogP contribution in [0.2, 0.25) is 0 Å². The predicted molar refractivity (Wildman–Crippen MR) is 89.0 cm³/mol. The molecule has 1 amide bonds. The van der Waals surface area contributed by atoms with Gasteiger partial charge in [0.1, 0.15) is 5.75 Å². The second-order valence-corrected chi connectivity index (χ2v) is 6.34. The Hall–Kier alpha value is -2.37. The maximum Gasteiger partial charge on any atom is 0.231 e. The SMILES string of the molecule is COc1cc(CC(=O)N2CCCC(c3nc(C)no3)C2)ccc1C. The molecule has 1 fully saturated rings. The molecule has 0 bridgehead atoms. The number of amides is 1. The number of carbonyl (C=O) groups is 1. The lowest BCUT2D eigenvalue weighted by molar-refractivity contribution is -0.131. The molecule has 1 unspecified atom stereocenters. The van der Waals surface area contributed by atoms with Gasteiger partial charge in [0, 0.05) is 13.1 Å². The summed E-state index contributed by atoms with van der Waals surface area (Å²) >= 11 is 0. The van der Waals surface area contributed by atoms with E-state index in [0.29, 0.717) is 24.7 Å². The van der Waals surface area contributed by atoms with Crippen LogP contribution in [0.3, 0.4) is 0 Å². The molecule has 128 valence electrons. The van der Waals surface area contributed by atoms with E-state index >= 15 is 0 Å². The van der Waals surface area contributed by atoms with E-state index in [0.717, 1.165) is 36.3 Å². The van der Waals surface area contributed by atoms with Crippen LogP contribution in [0.4, 0.5) is 0 Å². The number of nitrogens with zero attached hydrogens (tertiary/aromatic N) is 3. The van der Waals surface area contributed by atoms with E-state index in [-0.39, 0.29) is 11.8 Å². The first kappa shape index (κ1) is 16.5. The van der Waals surface area contributed by atoms with Gasteiger partial charge in [-0.15, -0.1) is 0 Å². The van der Waals surface area contributed by atoms with Crippen LogP contribution in [0.15, 0.2) is 22.7 Å². The normalized spacial score (nSPS) is 17.8. The van der Waals surface area contributed by atoms with Gasteiger partial charge < -0.3 is 14.2 Å². The summed E-state index contributed by atoms with van der Waals surface area (Å²) in [6, 6.07) is 5.91. The molecular weight excluding hydrogens is 306 g/mol. The van der Waals surface area contributed by atoms with Gasteiger partial charge in [-0.1, -0.05) is 17.3 Å². The van der Waals surface area contributed by atoms with Crippen molar-refractivity contribution in [3.05, 3.63) is 41.0 Å². The third-order valence-electron chi connectivity index (χ3n) is 4.49. The highest BCUT2D eigenvalue weighted by atomic mass is 16.5. The molecule has 0 saturated carbocycles. The van der Waals surface area contributed by atoms with E-state index in [4.69, 9.17) is 9.26 Å². The van der Waals surface area contributed by atoms with Crippen molar-refractivity contribution in [1.82, 2.24) is 15.0 Å². The van der Waals surface area contributed by atoms with E-state index in [2.05, 4.69) is 10.1 Å². The van der Waals surface area contributed by atoms with Crippen molar-refractivity contribution in [2.45, 2.75) is 39.0 Å². The van der Waals surface area contributed by atoms with Gasteiger partial charge in [-0.05, 0) is 43.9 Å². The number of likely N-dealkylation sites (tertiary alicyclic amines) is 1. The molecule has 1 aromatic carbocycles. The van der Waals surface area contributed by atoms with Crippen molar-refractivity contribution in [3.8, 4) is 5.75 Å². The molecule has 24 heavy (non-hydrogen) atoms. The molecule has 1 aliphatic rings. The quantitative estimate of drug-likeness (QED) is 0.862. The smallest absolute Gasteiger partial charge is 0.231 e. The fraction of sp³-hybridized carbons (Fsp3) is 0.500. The number of ether oxygens (including phenoxy) is 1. The largest absolute Gasteiger partial charge is 0.496 e. The molecule has 6 heteroatoms. The van der Waals surface area contributed by atoms with Gasteiger partial charge in [0.05, 0.1) is 19.4 Å². The van der Waals surface area contributed by atoms with Gasteiger partial charge >= 0.3 is 0 Å². The molecule has 0 radical (unpaired) electrons. The topological polar surface area (TPSA) is 68.5 Å². The predicted octanol–water partition coefficient (Wildman–Crippen LogP) is 2.64. The van der Waals surface area contributed by atoms with Crippen molar-refractivity contribution >= 4 is 5.91 Å². The Morgan fingerprint density at radius 3 is 2.96 bits per heavy atom. The fourth-order valence-corrected chi connectivity index (χ4v) is 3.14.